The summed E-state index contributed by atoms with van der Waals surface area (Å²) in [5, 5.41) is 4.56. The van der Waals surface area contributed by atoms with Crippen LogP contribution in [0.4, 0.5) is 29.1 Å². The summed E-state index contributed by atoms with van der Waals surface area (Å²) in [6.45, 7) is 0.595. The van der Waals surface area contributed by atoms with Crippen LogP contribution < -0.4 is 15.8 Å². The number of anilines is 2. The average molecular weight is 566 g/mol. The van der Waals surface area contributed by atoms with Crippen LogP contribution in [0.1, 0.15) is 54.6 Å². The van der Waals surface area contributed by atoms with E-state index in [1.807, 2.05) is 0 Å². The summed E-state index contributed by atoms with van der Waals surface area (Å²) >= 11 is 5.81. The van der Waals surface area contributed by atoms with Crippen LogP contribution in [-0.4, -0.2) is 42.1 Å². The summed E-state index contributed by atoms with van der Waals surface area (Å²) in [6, 6.07) is 3.82. The zero-order chi connectivity index (χ0) is 27.3. The van der Waals surface area contributed by atoms with Crippen molar-refractivity contribution in [3.05, 3.63) is 40.3 Å². The standard InChI is InChI=1S/C23H28ClF4N5O3S/c1-11(23(26,27)28)37(35,36)30-10-12-5-13-7-15(8-14(13)6-12)20-19(21(29)33(2)32-20)22(34)31-16-3-4-18(25)17(24)9-16/h3-4,9,11-15,30H,5-8,10,29H2,1-2H3,(H,31,34). The number of aryl methyl sites for hydroxylation is 1. The SMILES string of the molecule is CC(C(F)(F)F)S(=O)(=O)NCC1CC2CC(c3nn(C)c(N)c3C(=O)Nc3ccc(F)c(Cl)c3)CC2C1. The predicted molar refractivity (Wildman–Crippen MR) is 131 cm³/mol. The molecule has 1 amide bonds. The van der Waals surface area contributed by atoms with Gasteiger partial charge < -0.3 is 11.1 Å². The van der Waals surface area contributed by atoms with Crippen molar-refractivity contribution in [2.75, 3.05) is 17.6 Å². The van der Waals surface area contributed by atoms with Gasteiger partial charge in [-0.2, -0.15) is 18.3 Å². The van der Waals surface area contributed by atoms with Crippen molar-refractivity contribution in [1.82, 2.24) is 14.5 Å². The fourth-order valence-electron chi connectivity index (χ4n) is 5.51. The van der Waals surface area contributed by atoms with Gasteiger partial charge in [0.25, 0.3) is 5.91 Å². The summed E-state index contributed by atoms with van der Waals surface area (Å²) in [4.78, 5) is 13.1. The highest BCUT2D eigenvalue weighted by atomic mass is 35.5. The number of nitrogens with two attached hydrogens (primary N) is 1. The maximum absolute atomic E-state index is 13.5. The number of halogens is 5. The van der Waals surface area contributed by atoms with Gasteiger partial charge in [0.2, 0.25) is 10.0 Å². The number of nitrogen functional groups attached to an aromatic ring is 1. The molecule has 37 heavy (non-hydrogen) atoms. The topological polar surface area (TPSA) is 119 Å². The van der Waals surface area contributed by atoms with E-state index >= 15 is 0 Å². The van der Waals surface area contributed by atoms with Crippen molar-refractivity contribution in [2.24, 2.45) is 24.8 Å². The molecule has 2 aliphatic rings. The van der Waals surface area contributed by atoms with E-state index in [1.54, 1.807) is 7.05 Å². The third kappa shape index (κ3) is 5.73. The molecule has 0 bridgehead atoms. The molecule has 0 spiro atoms. The van der Waals surface area contributed by atoms with Gasteiger partial charge in [-0.15, -0.1) is 0 Å². The molecule has 1 aromatic carbocycles. The van der Waals surface area contributed by atoms with E-state index in [4.69, 9.17) is 17.3 Å². The number of sulfonamides is 1. The molecule has 2 saturated carbocycles. The summed E-state index contributed by atoms with van der Waals surface area (Å²) in [6.07, 6.45) is -2.09. The average Bonchev–Trinajstić information content (AvgIpc) is 3.45. The number of hydrogen-bond acceptors (Lipinski definition) is 5. The zero-order valence-electron chi connectivity index (χ0n) is 20.1. The highest BCUT2D eigenvalue weighted by molar-refractivity contribution is 7.90. The lowest BCUT2D eigenvalue weighted by molar-refractivity contribution is -0.127. The Morgan fingerprint density at radius 2 is 1.86 bits per heavy atom. The van der Waals surface area contributed by atoms with Gasteiger partial charge in [-0.25, -0.2) is 17.5 Å². The number of amides is 1. The van der Waals surface area contributed by atoms with Gasteiger partial charge in [0.05, 0.1) is 10.7 Å². The van der Waals surface area contributed by atoms with Crippen molar-refractivity contribution in [2.45, 2.75) is 50.0 Å². The number of nitrogens with zero attached hydrogens (tertiary/aromatic N) is 2. The van der Waals surface area contributed by atoms with Crippen LogP contribution in [0, 0.1) is 23.6 Å². The minimum atomic E-state index is -4.83. The van der Waals surface area contributed by atoms with Gasteiger partial charge in [0, 0.05) is 25.2 Å². The Labute approximate surface area is 217 Å². The molecule has 1 aromatic heterocycles. The number of carbonyl (C=O) groups excluding carboxylic acids is 1. The van der Waals surface area contributed by atoms with Crippen LogP contribution >= 0.6 is 11.6 Å². The Bertz CT molecular complexity index is 1290. The number of nitrogens with one attached hydrogen (secondary N) is 2. The molecule has 204 valence electrons. The van der Waals surface area contributed by atoms with Gasteiger partial charge in [0.1, 0.15) is 17.2 Å². The van der Waals surface area contributed by atoms with E-state index < -0.39 is 33.2 Å². The smallest absolute Gasteiger partial charge is 0.383 e. The largest absolute Gasteiger partial charge is 0.406 e. The van der Waals surface area contributed by atoms with Gasteiger partial charge >= 0.3 is 6.18 Å². The third-order valence-corrected chi connectivity index (χ3v) is 9.58. The molecule has 0 saturated heterocycles. The zero-order valence-corrected chi connectivity index (χ0v) is 21.7. The minimum Gasteiger partial charge on any atom is -0.383 e. The quantitative estimate of drug-likeness (QED) is 0.429. The Morgan fingerprint density at radius 3 is 2.43 bits per heavy atom. The highest BCUT2D eigenvalue weighted by Crippen LogP contribution is 2.53. The second-order valence-corrected chi connectivity index (χ2v) is 12.4. The first-order valence-electron chi connectivity index (χ1n) is 11.8. The minimum absolute atomic E-state index is 0.0369. The van der Waals surface area contributed by atoms with Gasteiger partial charge in [0.15, 0.2) is 5.25 Å². The lowest BCUT2D eigenvalue weighted by Crippen LogP contribution is -2.43. The van der Waals surface area contributed by atoms with Gasteiger partial charge in [-0.05, 0) is 68.6 Å². The molecule has 1 heterocycles. The van der Waals surface area contributed by atoms with Crippen molar-refractivity contribution in [1.29, 1.82) is 0 Å². The third-order valence-electron chi connectivity index (χ3n) is 7.52. The second-order valence-electron chi connectivity index (χ2n) is 9.96. The first-order chi connectivity index (χ1) is 17.2. The van der Waals surface area contributed by atoms with Gasteiger partial charge in [-0.1, -0.05) is 11.6 Å². The summed E-state index contributed by atoms with van der Waals surface area (Å²) in [5.41, 5.74) is 7.25. The Morgan fingerprint density at radius 1 is 1.24 bits per heavy atom. The first kappa shape index (κ1) is 27.6. The molecule has 0 aliphatic heterocycles. The molecule has 3 atom stereocenters. The molecule has 14 heteroatoms. The maximum atomic E-state index is 13.5. The number of benzene rings is 1. The summed E-state index contributed by atoms with van der Waals surface area (Å²) in [7, 11) is -2.88. The lowest BCUT2D eigenvalue weighted by Gasteiger charge is -2.19. The molecule has 3 unspecified atom stereocenters. The summed E-state index contributed by atoms with van der Waals surface area (Å²) < 4.78 is 79.5. The van der Waals surface area contributed by atoms with Gasteiger partial charge in [-0.3, -0.25) is 9.48 Å². The summed E-state index contributed by atoms with van der Waals surface area (Å²) in [5.74, 6) is -0.580. The normalized spacial score (nSPS) is 24.7. The number of carbonyl (C=O) groups is 1. The van der Waals surface area contributed by atoms with Crippen molar-refractivity contribution in [3.63, 3.8) is 0 Å². The van der Waals surface area contributed by atoms with Crippen LogP contribution in [-0.2, 0) is 17.1 Å². The molecular weight excluding hydrogens is 538 g/mol. The number of aromatic nitrogens is 2. The Balaban J connectivity index is 1.41. The van der Waals surface area contributed by atoms with Crippen LogP contribution in [0.2, 0.25) is 5.02 Å². The second kappa shape index (κ2) is 10.1. The number of rotatable bonds is 7. The van der Waals surface area contributed by atoms with E-state index in [0.29, 0.717) is 44.0 Å². The van der Waals surface area contributed by atoms with E-state index in [0.717, 1.165) is 6.07 Å². The molecule has 4 N–H and O–H groups in total. The van der Waals surface area contributed by atoms with Crippen LogP contribution in [0.5, 0.6) is 0 Å². The predicted octanol–water partition coefficient (Wildman–Crippen LogP) is 4.44. The van der Waals surface area contributed by atoms with Crippen LogP contribution in [0.15, 0.2) is 18.2 Å². The fraction of sp³-hybridized carbons (Fsp3) is 0.565. The Hall–Kier alpha value is -2.38. The molecule has 2 aliphatic carbocycles. The molecule has 2 aromatic rings. The van der Waals surface area contributed by atoms with E-state index in [1.165, 1.54) is 16.8 Å². The van der Waals surface area contributed by atoms with E-state index in [-0.39, 0.29) is 46.6 Å². The van der Waals surface area contributed by atoms with E-state index in [2.05, 4.69) is 15.1 Å². The number of hydrogen-bond donors (Lipinski definition) is 3. The molecule has 8 nitrogen and oxygen atoms in total. The lowest BCUT2D eigenvalue weighted by atomic mass is 9.93. The Kier molecular flexibility index (Phi) is 7.52. The van der Waals surface area contributed by atoms with Crippen molar-refractivity contribution < 1.29 is 30.8 Å². The fourth-order valence-corrected chi connectivity index (χ4v) is 6.76. The molecule has 4 rings (SSSR count). The van der Waals surface area contributed by atoms with Crippen molar-refractivity contribution >= 4 is 39.0 Å². The molecular formula is C23H28ClF4N5O3S. The van der Waals surface area contributed by atoms with Crippen LogP contribution in [0.3, 0.4) is 0 Å². The molecule has 0 radical (unpaired) electrons. The van der Waals surface area contributed by atoms with E-state index in [9.17, 15) is 30.8 Å². The monoisotopic (exact) mass is 565 g/mol. The first-order valence-corrected chi connectivity index (χ1v) is 13.7. The van der Waals surface area contributed by atoms with Crippen LogP contribution in [0.25, 0.3) is 0 Å². The molecule has 2 fully saturated rings. The highest BCUT2D eigenvalue weighted by Gasteiger charge is 2.47. The maximum Gasteiger partial charge on any atom is 0.406 e. The number of fused-ring (bicyclic) bond motifs is 1. The van der Waals surface area contributed by atoms with Crippen molar-refractivity contribution in [3.8, 4) is 0 Å². The number of alkyl halides is 3.